The van der Waals surface area contributed by atoms with Crippen molar-refractivity contribution >= 4 is 5.97 Å². The number of hydrogen-bond donors (Lipinski definition) is 0. The van der Waals surface area contributed by atoms with Crippen LogP contribution in [0.4, 0.5) is 0 Å². The van der Waals surface area contributed by atoms with Crippen LogP contribution in [0.15, 0.2) is 12.1 Å². The number of esters is 1. The predicted molar refractivity (Wildman–Crippen MR) is 46.9 cm³/mol. The van der Waals surface area contributed by atoms with Gasteiger partial charge in [0.25, 0.3) is 0 Å². The van der Waals surface area contributed by atoms with E-state index in [1.165, 1.54) is 14.2 Å². The van der Waals surface area contributed by atoms with Gasteiger partial charge >= 0.3 is 5.97 Å². The molecule has 0 atom stereocenters. The molecule has 1 rings (SSSR count). The molecule has 1 aromatic rings. The number of methoxy groups -OCH3 is 2. The molecule has 70 valence electrons. The lowest BCUT2D eigenvalue weighted by molar-refractivity contribution is 0.0593. The minimum atomic E-state index is -0.460. The molecule has 0 aliphatic rings. The average Bonchev–Trinajstić information content (AvgIpc) is 2.17. The van der Waals surface area contributed by atoms with Crippen LogP contribution in [-0.2, 0) is 4.74 Å². The van der Waals surface area contributed by atoms with Crippen LogP contribution in [0.3, 0.4) is 0 Å². The molecule has 0 aliphatic heterocycles. The van der Waals surface area contributed by atoms with Gasteiger partial charge in [-0.05, 0) is 13.0 Å². The molecule has 1 heterocycles. The highest BCUT2D eigenvalue weighted by Crippen LogP contribution is 2.14. The minimum Gasteiger partial charge on any atom is -0.481 e. The van der Waals surface area contributed by atoms with Gasteiger partial charge in [-0.3, -0.25) is 0 Å². The van der Waals surface area contributed by atoms with E-state index in [1.807, 2.05) is 6.92 Å². The Kier molecular flexibility index (Phi) is 2.84. The highest BCUT2D eigenvalue weighted by molar-refractivity contribution is 5.87. The lowest BCUT2D eigenvalue weighted by Gasteiger charge is -2.04. The zero-order valence-electron chi connectivity index (χ0n) is 7.83. The monoisotopic (exact) mass is 181 g/mol. The van der Waals surface area contributed by atoms with Crippen LogP contribution < -0.4 is 4.74 Å². The van der Waals surface area contributed by atoms with Crippen LogP contribution in [-0.4, -0.2) is 25.2 Å². The van der Waals surface area contributed by atoms with Crippen molar-refractivity contribution in [2.24, 2.45) is 0 Å². The molecule has 0 bridgehead atoms. The first-order valence-electron chi connectivity index (χ1n) is 3.79. The standard InChI is InChI=1S/C9H11NO3/c1-6-4-5-7(9(11)13-3)10-8(6)12-2/h4-5H,1-3H3. The van der Waals surface area contributed by atoms with E-state index in [0.29, 0.717) is 5.88 Å². The second-order valence-corrected chi connectivity index (χ2v) is 2.51. The molecule has 13 heavy (non-hydrogen) atoms. The van der Waals surface area contributed by atoms with Gasteiger partial charge < -0.3 is 9.47 Å². The molecular formula is C9H11NO3. The van der Waals surface area contributed by atoms with Crippen molar-refractivity contribution < 1.29 is 14.3 Å². The Balaban J connectivity index is 3.06. The quantitative estimate of drug-likeness (QED) is 0.643. The fraction of sp³-hybridized carbons (Fsp3) is 0.333. The lowest BCUT2D eigenvalue weighted by atomic mass is 10.2. The number of aromatic nitrogens is 1. The van der Waals surface area contributed by atoms with Crippen molar-refractivity contribution in [2.45, 2.75) is 6.92 Å². The summed E-state index contributed by atoms with van der Waals surface area (Å²) in [4.78, 5) is 15.0. The Morgan fingerprint density at radius 3 is 2.62 bits per heavy atom. The van der Waals surface area contributed by atoms with Crippen molar-refractivity contribution in [3.63, 3.8) is 0 Å². The maximum atomic E-state index is 11.1. The third-order valence-corrected chi connectivity index (χ3v) is 1.64. The highest BCUT2D eigenvalue weighted by Gasteiger charge is 2.09. The number of hydrogen-bond acceptors (Lipinski definition) is 4. The van der Waals surface area contributed by atoms with Gasteiger partial charge in [0.15, 0.2) is 5.69 Å². The molecule has 4 nitrogen and oxygen atoms in total. The Labute approximate surface area is 76.5 Å². The second-order valence-electron chi connectivity index (χ2n) is 2.51. The van der Waals surface area contributed by atoms with Crippen molar-refractivity contribution in [3.8, 4) is 5.88 Å². The van der Waals surface area contributed by atoms with Crippen molar-refractivity contribution in [1.82, 2.24) is 4.98 Å². The predicted octanol–water partition coefficient (Wildman–Crippen LogP) is 1.19. The number of pyridine rings is 1. The first-order chi connectivity index (χ1) is 6.19. The molecule has 0 N–H and O–H groups in total. The van der Waals surface area contributed by atoms with Gasteiger partial charge in [0, 0.05) is 5.56 Å². The van der Waals surface area contributed by atoms with Crippen LogP contribution in [0.1, 0.15) is 16.1 Å². The number of carbonyl (C=O) groups excluding carboxylic acids is 1. The zero-order chi connectivity index (χ0) is 9.84. The maximum absolute atomic E-state index is 11.1. The SMILES string of the molecule is COC(=O)c1ccc(C)c(OC)n1. The topological polar surface area (TPSA) is 48.4 Å². The number of carbonyl (C=O) groups is 1. The van der Waals surface area contributed by atoms with E-state index in [9.17, 15) is 4.79 Å². The van der Waals surface area contributed by atoms with Crippen LogP contribution in [0.25, 0.3) is 0 Å². The molecular weight excluding hydrogens is 170 g/mol. The van der Waals surface area contributed by atoms with Gasteiger partial charge in [-0.25, -0.2) is 9.78 Å². The molecule has 0 unspecified atom stereocenters. The zero-order valence-corrected chi connectivity index (χ0v) is 7.83. The Bertz CT molecular complexity index is 323. The average molecular weight is 181 g/mol. The fourth-order valence-electron chi connectivity index (χ4n) is 0.935. The minimum absolute atomic E-state index is 0.255. The van der Waals surface area contributed by atoms with Crippen molar-refractivity contribution in [1.29, 1.82) is 0 Å². The van der Waals surface area contributed by atoms with Crippen LogP contribution in [0.2, 0.25) is 0 Å². The summed E-state index contributed by atoms with van der Waals surface area (Å²) in [7, 11) is 2.83. The van der Waals surface area contributed by atoms with E-state index >= 15 is 0 Å². The van der Waals surface area contributed by atoms with E-state index in [0.717, 1.165) is 5.56 Å². The first-order valence-corrected chi connectivity index (χ1v) is 3.79. The first kappa shape index (κ1) is 9.51. The Morgan fingerprint density at radius 2 is 2.08 bits per heavy atom. The Hall–Kier alpha value is -1.58. The number of nitrogens with zero attached hydrogens (tertiary/aromatic N) is 1. The summed E-state index contributed by atoms with van der Waals surface area (Å²) in [6.07, 6.45) is 0. The van der Waals surface area contributed by atoms with Gasteiger partial charge in [-0.2, -0.15) is 0 Å². The fourth-order valence-corrected chi connectivity index (χ4v) is 0.935. The van der Waals surface area contributed by atoms with Crippen LogP contribution >= 0.6 is 0 Å². The van der Waals surface area contributed by atoms with Crippen molar-refractivity contribution in [2.75, 3.05) is 14.2 Å². The van der Waals surface area contributed by atoms with Gasteiger partial charge in [-0.1, -0.05) is 6.07 Å². The molecule has 0 aliphatic carbocycles. The number of rotatable bonds is 2. The van der Waals surface area contributed by atoms with Crippen LogP contribution in [0.5, 0.6) is 5.88 Å². The van der Waals surface area contributed by atoms with E-state index in [4.69, 9.17) is 4.74 Å². The van der Waals surface area contributed by atoms with Gasteiger partial charge in [0.05, 0.1) is 14.2 Å². The van der Waals surface area contributed by atoms with Gasteiger partial charge in [0.2, 0.25) is 5.88 Å². The third-order valence-electron chi connectivity index (χ3n) is 1.64. The molecule has 0 saturated heterocycles. The van der Waals surface area contributed by atoms with E-state index < -0.39 is 5.97 Å². The summed E-state index contributed by atoms with van der Waals surface area (Å²) < 4.78 is 9.48. The molecule has 1 aromatic heterocycles. The van der Waals surface area contributed by atoms with E-state index in [-0.39, 0.29) is 5.69 Å². The molecule has 0 fully saturated rings. The summed E-state index contributed by atoms with van der Waals surface area (Å²) in [5.74, 6) is -0.0128. The van der Waals surface area contributed by atoms with Gasteiger partial charge in [0.1, 0.15) is 0 Å². The largest absolute Gasteiger partial charge is 0.481 e. The van der Waals surface area contributed by atoms with E-state index in [1.54, 1.807) is 12.1 Å². The molecule has 0 saturated carbocycles. The van der Waals surface area contributed by atoms with Crippen LogP contribution in [0, 0.1) is 6.92 Å². The lowest BCUT2D eigenvalue weighted by Crippen LogP contribution is -2.05. The molecule has 0 amide bonds. The summed E-state index contributed by atoms with van der Waals surface area (Å²) >= 11 is 0. The highest BCUT2D eigenvalue weighted by atomic mass is 16.5. The Morgan fingerprint density at radius 1 is 1.38 bits per heavy atom. The number of ether oxygens (including phenoxy) is 2. The smallest absolute Gasteiger partial charge is 0.356 e. The van der Waals surface area contributed by atoms with Gasteiger partial charge in [-0.15, -0.1) is 0 Å². The summed E-state index contributed by atoms with van der Waals surface area (Å²) in [5, 5.41) is 0. The normalized spacial score (nSPS) is 9.46. The molecule has 0 spiro atoms. The summed E-state index contributed by atoms with van der Waals surface area (Å²) in [6, 6.07) is 3.36. The van der Waals surface area contributed by atoms with E-state index in [2.05, 4.69) is 9.72 Å². The molecule has 0 aromatic carbocycles. The second kappa shape index (κ2) is 3.89. The summed E-state index contributed by atoms with van der Waals surface area (Å²) in [6.45, 7) is 1.85. The third kappa shape index (κ3) is 1.96. The summed E-state index contributed by atoms with van der Waals surface area (Å²) in [5.41, 5.74) is 1.14. The molecule has 0 radical (unpaired) electrons. The molecule has 4 heteroatoms. The maximum Gasteiger partial charge on any atom is 0.356 e. The van der Waals surface area contributed by atoms with Crippen molar-refractivity contribution in [3.05, 3.63) is 23.4 Å². The number of aryl methyl sites for hydroxylation is 1.